The molecule has 0 bridgehead atoms. The number of hydrogen-bond donors (Lipinski definition) is 9. The molecule has 0 saturated heterocycles. The number of methoxy groups -OCH3 is 1. The van der Waals surface area contributed by atoms with Crippen molar-refractivity contribution in [2.45, 2.75) is 82.8 Å². The molecule has 0 aromatic rings. The molecular weight excluding hydrogens is 604 g/mol. The molecule has 0 aromatic heterocycles. The van der Waals surface area contributed by atoms with Crippen molar-refractivity contribution in [3.8, 4) is 0 Å². The molecule has 18 nitrogen and oxygen atoms in total. The Hall–Kier alpha value is -3.23. The highest BCUT2D eigenvalue weighted by Crippen LogP contribution is 2.04. The number of aliphatic hydroxyl groups is 1. The number of Topliss-reactive ketones (excluding diaryl/α,β-unsaturated/α-hetero) is 1. The molecule has 19 heteroatoms. The van der Waals surface area contributed by atoms with E-state index in [0.717, 1.165) is 7.11 Å². The monoisotopic (exact) mass is 652 g/mol. The zero-order valence-electron chi connectivity index (χ0n) is 25.8. The first-order valence-electron chi connectivity index (χ1n) is 14.1. The van der Waals surface area contributed by atoms with E-state index < -0.39 is 81.7 Å². The standard InChI is InChI=1S/C25H48N8O10S/c1-14(20(35)25(40)43-5)29-22(37)17(8-6-7-10-26)31-21(36)15(2)30-24(39)19(16(3)34)32-23(38)18(9-11-27)33-44(41,42)13-12-28-4/h14-19,28,33-34H,6-13,26-27H2,1-5H3,(H,29,37)(H,30,39)(H,31,36)(H,32,38)/t14-,15-,16+,17-,18-,19-/m0/s1. The minimum atomic E-state index is -3.89. The molecule has 0 spiro atoms. The van der Waals surface area contributed by atoms with Gasteiger partial charge in [-0.05, 0) is 66.6 Å². The summed E-state index contributed by atoms with van der Waals surface area (Å²) in [5.74, 6) is -5.95. The average Bonchev–Trinajstić information content (AvgIpc) is 2.96. The van der Waals surface area contributed by atoms with Gasteiger partial charge in [0.05, 0.1) is 25.0 Å². The van der Waals surface area contributed by atoms with Crippen LogP contribution in [0.15, 0.2) is 0 Å². The largest absolute Gasteiger partial charge is 0.463 e. The van der Waals surface area contributed by atoms with Gasteiger partial charge in [-0.1, -0.05) is 0 Å². The van der Waals surface area contributed by atoms with Gasteiger partial charge in [0, 0.05) is 6.54 Å². The Balaban J connectivity index is 5.57. The molecule has 0 fully saturated rings. The second-order valence-corrected chi connectivity index (χ2v) is 11.9. The number of rotatable bonds is 22. The van der Waals surface area contributed by atoms with Crippen molar-refractivity contribution in [2.24, 2.45) is 11.5 Å². The van der Waals surface area contributed by atoms with Crippen LogP contribution in [0.2, 0.25) is 0 Å². The summed E-state index contributed by atoms with van der Waals surface area (Å²) in [5.41, 5.74) is 11.0. The van der Waals surface area contributed by atoms with E-state index in [1.807, 2.05) is 0 Å². The first kappa shape index (κ1) is 40.8. The SMILES string of the molecule is CNCCS(=O)(=O)N[C@@H](CCN)C(=O)N[C@H](C(=O)N[C@@H](C)C(=O)N[C@@H](CCCCN)C(=O)N[C@@H](C)C(=O)C(=O)OC)[C@@H](C)O. The number of ketones is 1. The molecule has 0 aromatic carbocycles. The summed E-state index contributed by atoms with van der Waals surface area (Å²) in [6, 6.07) is -6.61. The molecule has 254 valence electrons. The van der Waals surface area contributed by atoms with Gasteiger partial charge in [0.2, 0.25) is 33.7 Å². The second-order valence-electron chi connectivity index (χ2n) is 10.1. The van der Waals surface area contributed by atoms with Crippen molar-refractivity contribution in [2.75, 3.05) is 39.5 Å². The lowest BCUT2D eigenvalue weighted by atomic mass is 10.1. The number of carbonyl (C=O) groups is 6. The van der Waals surface area contributed by atoms with Crippen molar-refractivity contribution in [3.63, 3.8) is 0 Å². The van der Waals surface area contributed by atoms with Crippen molar-refractivity contribution in [1.82, 2.24) is 31.3 Å². The third-order valence-electron chi connectivity index (χ3n) is 6.25. The zero-order valence-corrected chi connectivity index (χ0v) is 26.6. The van der Waals surface area contributed by atoms with E-state index in [1.54, 1.807) is 7.05 Å². The van der Waals surface area contributed by atoms with Crippen LogP contribution < -0.4 is 42.8 Å². The number of hydrogen-bond acceptors (Lipinski definition) is 13. The number of aliphatic hydroxyl groups excluding tert-OH is 1. The third-order valence-corrected chi connectivity index (χ3v) is 7.63. The Bertz CT molecular complexity index is 1090. The van der Waals surface area contributed by atoms with Crippen molar-refractivity contribution in [3.05, 3.63) is 0 Å². The van der Waals surface area contributed by atoms with Crippen LogP contribution in [0.1, 0.15) is 46.5 Å². The average molecular weight is 653 g/mol. The highest BCUT2D eigenvalue weighted by atomic mass is 32.2. The minimum absolute atomic E-state index is 0.0645. The molecule has 4 amide bonds. The quantitative estimate of drug-likeness (QED) is 0.0301. The van der Waals surface area contributed by atoms with E-state index in [2.05, 4.69) is 36.0 Å². The number of esters is 1. The molecule has 0 aliphatic heterocycles. The van der Waals surface area contributed by atoms with Crippen LogP contribution in [0.3, 0.4) is 0 Å². The number of ether oxygens (including phenoxy) is 1. The topological polar surface area (TPSA) is 290 Å². The van der Waals surface area contributed by atoms with E-state index >= 15 is 0 Å². The summed E-state index contributed by atoms with van der Waals surface area (Å²) in [4.78, 5) is 75.1. The van der Waals surface area contributed by atoms with E-state index in [1.165, 1.54) is 20.8 Å². The molecule has 0 aliphatic carbocycles. The van der Waals surface area contributed by atoms with Gasteiger partial charge in [-0.25, -0.2) is 17.9 Å². The van der Waals surface area contributed by atoms with Crippen LogP contribution in [-0.4, -0.2) is 125 Å². The van der Waals surface area contributed by atoms with Crippen LogP contribution in [0.4, 0.5) is 0 Å². The summed E-state index contributed by atoms with van der Waals surface area (Å²) < 4.78 is 31.2. The molecule has 11 N–H and O–H groups in total. The number of amides is 4. The predicted octanol–water partition coefficient (Wildman–Crippen LogP) is -4.93. The smallest absolute Gasteiger partial charge is 0.376 e. The Labute approximate surface area is 257 Å². The minimum Gasteiger partial charge on any atom is -0.463 e. The van der Waals surface area contributed by atoms with Crippen molar-refractivity contribution < 1.29 is 47.0 Å². The number of nitrogens with one attached hydrogen (secondary N) is 6. The molecule has 44 heavy (non-hydrogen) atoms. The number of sulfonamides is 1. The molecule has 0 rings (SSSR count). The molecule has 6 atom stereocenters. The van der Waals surface area contributed by atoms with Crippen LogP contribution in [0.5, 0.6) is 0 Å². The van der Waals surface area contributed by atoms with Gasteiger partial charge in [0.1, 0.15) is 24.2 Å². The molecule has 0 unspecified atom stereocenters. The second kappa shape index (κ2) is 20.7. The highest BCUT2D eigenvalue weighted by Gasteiger charge is 2.33. The molecule has 0 radical (unpaired) electrons. The van der Waals surface area contributed by atoms with Crippen molar-refractivity contribution >= 4 is 45.4 Å². The van der Waals surface area contributed by atoms with E-state index in [-0.39, 0.29) is 31.7 Å². The maximum absolute atomic E-state index is 13.0. The fraction of sp³-hybridized carbons (Fsp3) is 0.760. The number of unbranched alkanes of at least 4 members (excludes halogenated alkanes) is 1. The van der Waals surface area contributed by atoms with E-state index in [4.69, 9.17) is 11.5 Å². The van der Waals surface area contributed by atoms with Gasteiger partial charge in [0.15, 0.2) is 0 Å². The lowest BCUT2D eigenvalue weighted by molar-refractivity contribution is -0.152. The first-order chi connectivity index (χ1) is 20.5. The van der Waals surface area contributed by atoms with Gasteiger partial charge in [-0.3, -0.25) is 24.0 Å². The fourth-order valence-electron chi connectivity index (χ4n) is 3.67. The van der Waals surface area contributed by atoms with E-state index in [9.17, 15) is 42.3 Å². The van der Waals surface area contributed by atoms with Crippen LogP contribution in [-0.2, 0) is 43.5 Å². The fourth-order valence-corrected chi connectivity index (χ4v) is 4.91. The maximum atomic E-state index is 13.0. The summed E-state index contributed by atoms with van der Waals surface area (Å²) >= 11 is 0. The maximum Gasteiger partial charge on any atom is 0.376 e. The molecular formula is C25H48N8O10S. The van der Waals surface area contributed by atoms with Gasteiger partial charge in [-0.2, -0.15) is 0 Å². The Morgan fingerprint density at radius 1 is 0.773 bits per heavy atom. The lowest BCUT2D eigenvalue weighted by Gasteiger charge is -2.26. The first-order valence-corrected chi connectivity index (χ1v) is 15.8. The number of nitrogens with two attached hydrogens (primary N) is 2. The molecule has 0 heterocycles. The predicted molar refractivity (Wildman–Crippen MR) is 159 cm³/mol. The van der Waals surface area contributed by atoms with Gasteiger partial charge >= 0.3 is 5.97 Å². The summed E-state index contributed by atoms with van der Waals surface area (Å²) in [6.45, 7) is 4.14. The van der Waals surface area contributed by atoms with Crippen LogP contribution >= 0.6 is 0 Å². The molecule has 0 aliphatic rings. The third kappa shape index (κ3) is 15.0. The Kier molecular flexibility index (Phi) is 19.2. The van der Waals surface area contributed by atoms with Crippen LogP contribution in [0.25, 0.3) is 0 Å². The van der Waals surface area contributed by atoms with Gasteiger partial charge in [0.25, 0.3) is 5.78 Å². The zero-order chi connectivity index (χ0) is 34.0. The summed E-state index contributed by atoms with van der Waals surface area (Å²) in [5, 5.41) is 22.3. The van der Waals surface area contributed by atoms with Crippen molar-refractivity contribution in [1.29, 1.82) is 0 Å². The summed E-state index contributed by atoms with van der Waals surface area (Å²) in [7, 11) is -1.32. The van der Waals surface area contributed by atoms with Crippen LogP contribution in [0, 0.1) is 0 Å². The number of carbonyl (C=O) groups excluding carboxylic acids is 6. The highest BCUT2D eigenvalue weighted by molar-refractivity contribution is 7.89. The Morgan fingerprint density at radius 3 is 1.89 bits per heavy atom. The lowest BCUT2D eigenvalue weighted by Crippen LogP contribution is -2.60. The van der Waals surface area contributed by atoms with Gasteiger partial charge < -0.3 is 47.9 Å². The van der Waals surface area contributed by atoms with E-state index in [0.29, 0.717) is 19.4 Å². The normalized spacial score (nSPS) is 15.5. The Morgan fingerprint density at radius 2 is 1.36 bits per heavy atom. The molecule has 0 saturated carbocycles. The van der Waals surface area contributed by atoms with Gasteiger partial charge in [-0.15, -0.1) is 0 Å². The summed E-state index contributed by atoms with van der Waals surface area (Å²) in [6.07, 6.45) is -0.497.